The lowest BCUT2D eigenvalue weighted by molar-refractivity contribution is 0.0697. The molecule has 0 unspecified atom stereocenters. The van der Waals surface area contributed by atoms with E-state index in [1.807, 2.05) is 32.0 Å². The normalized spacial score (nSPS) is 17.0. The third-order valence-corrected chi connectivity index (χ3v) is 5.79. The molecular formula is C15H22N2O3S. The van der Waals surface area contributed by atoms with Crippen molar-refractivity contribution < 1.29 is 13.2 Å². The van der Waals surface area contributed by atoms with E-state index in [4.69, 9.17) is 0 Å². The van der Waals surface area contributed by atoms with Crippen molar-refractivity contribution >= 4 is 15.9 Å². The van der Waals surface area contributed by atoms with Gasteiger partial charge in [-0.25, -0.2) is 8.42 Å². The molecule has 0 N–H and O–H groups in total. The van der Waals surface area contributed by atoms with Crippen molar-refractivity contribution in [2.45, 2.75) is 20.8 Å². The summed E-state index contributed by atoms with van der Waals surface area (Å²) in [7, 11) is -3.15. The van der Waals surface area contributed by atoms with Gasteiger partial charge < -0.3 is 4.90 Å². The Bertz CT molecular complexity index is 632. The van der Waals surface area contributed by atoms with Crippen LogP contribution in [0.5, 0.6) is 0 Å². The number of hydrogen-bond donors (Lipinski definition) is 0. The lowest BCUT2D eigenvalue weighted by Crippen LogP contribution is -2.51. The Kier molecular flexibility index (Phi) is 4.68. The van der Waals surface area contributed by atoms with Gasteiger partial charge in [0.2, 0.25) is 10.0 Å². The van der Waals surface area contributed by atoms with Crippen molar-refractivity contribution in [2.75, 3.05) is 31.9 Å². The van der Waals surface area contributed by atoms with Crippen LogP contribution in [0.3, 0.4) is 0 Å². The minimum atomic E-state index is -3.15. The average molecular weight is 310 g/mol. The molecule has 1 aliphatic rings. The highest BCUT2D eigenvalue weighted by molar-refractivity contribution is 7.89. The van der Waals surface area contributed by atoms with Crippen molar-refractivity contribution in [3.63, 3.8) is 0 Å². The Morgan fingerprint density at radius 2 is 1.76 bits per heavy atom. The van der Waals surface area contributed by atoms with Crippen LogP contribution in [-0.4, -0.2) is 55.5 Å². The smallest absolute Gasteiger partial charge is 0.254 e. The number of aryl methyl sites for hydroxylation is 2. The monoisotopic (exact) mass is 310 g/mol. The largest absolute Gasteiger partial charge is 0.336 e. The molecule has 6 heteroatoms. The molecule has 116 valence electrons. The van der Waals surface area contributed by atoms with Crippen LogP contribution in [0.2, 0.25) is 0 Å². The second kappa shape index (κ2) is 6.15. The summed E-state index contributed by atoms with van der Waals surface area (Å²) in [5.74, 6) is 0.0996. The van der Waals surface area contributed by atoms with Crippen LogP contribution in [0.1, 0.15) is 28.4 Å². The van der Waals surface area contributed by atoms with Gasteiger partial charge >= 0.3 is 0 Å². The maximum Gasteiger partial charge on any atom is 0.254 e. The van der Waals surface area contributed by atoms with Gasteiger partial charge in [-0.1, -0.05) is 17.7 Å². The molecule has 1 saturated heterocycles. The van der Waals surface area contributed by atoms with E-state index in [9.17, 15) is 13.2 Å². The fourth-order valence-electron chi connectivity index (χ4n) is 2.49. The fourth-order valence-corrected chi connectivity index (χ4v) is 3.57. The number of piperazine rings is 1. The number of carbonyl (C=O) groups is 1. The lowest BCUT2D eigenvalue weighted by Gasteiger charge is -2.34. The molecule has 21 heavy (non-hydrogen) atoms. The number of carbonyl (C=O) groups excluding carboxylic acids is 1. The summed E-state index contributed by atoms with van der Waals surface area (Å²) in [6.07, 6.45) is 0. The SMILES string of the molecule is CCS(=O)(=O)N1CCN(C(=O)c2cc(C)ccc2C)CC1. The molecule has 0 aliphatic carbocycles. The molecule has 1 heterocycles. The predicted molar refractivity (Wildman–Crippen MR) is 82.9 cm³/mol. The summed E-state index contributed by atoms with van der Waals surface area (Å²) in [6.45, 7) is 7.19. The van der Waals surface area contributed by atoms with Crippen molar-refractivity contribution in [1.29, 1.82) is 0 Å². The summed E-state index contributed by atoms with van der Waals surface area (Å²) >= 11 is 0. The minimum absolute atomic E-state index is 0.00949. The van der Waals surface area contributed by atoms with Gasteiger partial charge in [0.05, 0.1) is 5.75 Å². The predicted octanol–water partition coefficient (Wildman–Crippen LogP) is 1.41. The molecule has 5 nitrogen and oxygen atoms in total. The van der Waals surface area contributed by atoms with Crippen LogP contribution in [0.4, 0.5) is 0 Å². The Morgan fingerprint density at radius 1 is 1.14 bits per heavy atom. The molecular weight excluding hydrogens is 288 g/mol. The fraction of sp³-hybridized carbons (Fsp3) is 0.533. The summed E-state index contributed by atoms with van der Waals surface area (Å²) in [5, 5.41) is 0. The van der Waals surface area contributed by atoms with E-state index in [1.165, 1.54) is 4.31 Å². The van der Waals surface area contributed by atoms with Crippen molar-refractivity contribution in [3.05, 3.63) is 34.9 Å². The van der Waals surface area contributed by atoms with Gasteiger partial charge in [0.1, 0.15) is 0 Å². The van der Waals surface area contributed by atoms with Crippen LogP contribution in [0.25, 0.3) is 0 Å². The number of nitrogens with zero attached hydrogens (tertiary/aromatic N) is 2. The van der Waals surface area contributed by atoms with E-state index in [0.717, 1.165) is 11.1 Å². The first-order valence-electron chi connectivity index (χ1n) is 7.19. The first-order valence-corrected chi connectivity index (χ1v) is 8.80. The maximum absolute atomic E-state index is 12.6. The Labute approximate surface area is 126 Å². The first kappa shape index (κ1) is 16.0. The molecule has 1 aromatic rings. The van der Waals surface area contributed by atoms with Crippen molar-refractivity contribution in [2.24, 2.45) is 0 Å². The van der Waals surface area contributed by atoms with E-state index in [0.29, 0.717) is 31.7 Å². The first-order chi connectivity index (χ1) is 9.85. The third-order valence-electron chi connectivity index (χ3n) is 3.91. The molecule has 1 amide bonds. The van der Waals surface area contributed by atoms with Crippen molar-refractivity contribution in [1.82, 2.24) is 9.21 Å². The number of rotatable bonds is 3. The Balaban J connectivity index is 2.09. The zero-order valence-electron chi connectivity index (χ0n) is 12.8. The second-order valence-electron chi connectivity index (χ2n) is 5.41. The molecule has 1 fully saturated rings. The number of sulfonamides is 1. The highest BCUT2D eigenvalue weighted by Crippen LogP contribution is 2.16. The van der Waals surface area contributed by atoms with E-state index >= 15 is 0 Å². The number of benzene rings is 1. The van der Waals surface area contributed by atoms with Crippen LogP contribution < -0.4 is 0 Å². The molecule has 0 radical (unpaired) electrons. The standard InChI is InChI=1S/C15H22N2O3S/c1-4-21(19,20)17-9-7-16(8-10-17)15(18)14-11-12(2)5-6-13(14)3/h5-6,11H,4,7-10H2,1-3H3. The molecule has 0 atom stereocenters. The van der Waals surface area contributed by atoms with Crippen LogP contribution >= 0.6 is 0 Å². The molecule has 1 aromatic carbocycles. The van der Waals surface area contributed by atoms with E-state index in [1.54, 1.807) is 11.8 Å². The minimum Gasteiger partial charge on any atom is -0.336 e. The average Bonchev–Trinajstić information content (AvgIpc) is 2.49. The summed E-state index contributed by atoms with van der Waals surface area (Å²) in [5.41, 5.74) is 2.71. The van der Waals surface area contributed by atoms with Gasteiger partial charge in [-0.3, -0.25) is 4.79 Å². The Hall–Kier alpha value is -1.40. The highest BCUT2D eigenvalue weighted by atomic mass is 32.2. The summed E-state index contributed by atoms with van der Waals surface area (Å²) < 4.78 is 25.1. The summed E-state index contributed by atoms with van der Waals surface area (Å²) in [4.78, 5) is 14.3. The van der Waals surface area contributed by atoms with E-state index in [-0.39, 0.29) is 11.7 Å². The molecule has 0 saturated carbocycles. The molecule has 1 aliphatic heterocycles. The van der Waals surface area contributed by atoms with Crippen molar-refractivity contribution in [3.8, 4) is 0 Å². The van der Waals surface area contributed by atoms with Gasteiger partial charge in [-0.05, 0) is 32.4 Å². The summed E-state index contributed by atoms with van der Waals surface area (Å²) in [6, 6.07) is 5.82. The van der Waals surface area contributed by atoms with Crippen LogP contribution in [0, 0.1) is 13.8 Å². The topological polar surface area (TPSA) is 57.7 Å². The Morgan fingerprint density at radius 3 is 2.33 bits per heavy atom. The van der Waals surface area contributed by atoms with Gasteiger partial charge in [-0.2, -0.15) is 4.31 Å². The van der Waals surface area contributed by atoms with E-state index in [2.05, 4.69) is 0 Å². The quantitative estimate of drug-likeness (QED) is 0.848. The zero-order valence-corrected chi connectivity index (χ0v) is 13.6. The molecule has 0 aromatic heterocycles. The zero-order chi connectivity index (χ0) is 15.6. The number of hydrogen-bond acceptors (Lipinski definition) is 3. The molecule has 2 rings (SSSR count). The lowest BCUT2D eigenvalue weighted by atomic mass is 10.0. The second-order valence-corrected chi connectivity index (χ2v) is 7.67. The highest BCUT2D eigenvalue weighted by Gasteiger charge is 2.28. The van der Waals surface area contributed by atoms with Gasteiger partial charge in [0.15, 0.2) is 0 Å². The maximum atomic E-state index is 12.6. The molecule has 0 spiro atoms. The number of amides is 1. The van der Waals surface area contributed by atoms with E-state index < -0.39 is 10.0 Å². The van der Waals surface area contributed by atoms with Crippen LogP contribution in [0.15, 0.2) is 18.2 Å². The van der Waals surface area contributed by atoms with Crippen LogP contribution in [-0.2, 0) is 10.0 Å². The van der Waals surface area contributed by atoms with Gasteiger partial charge in [0.25, 0.3) is 5.91 Å². The molecule has 0 bridgehead atoms. The van der Waals surface area contributed by atoms with Gasteiger partial charge in [0, 0.05) is 31.7 Å². The third kappa shape index (κ3) is 3.44. The van der Waals surface area contributed by atoms with Gasteiger partial charge in [-0.15, -0.1) is 0 Å².